The van der Waals surface area contributed by atoms with E-state index < -0.39 is 73.0 Å². The molecule has 0 aromatic rings. The first-order chi connectivity index (χ1) is 11.9. The number of aliphatic carboxylic acids is 3. The van der Waals surface area contributed by atoms with Crippen molar-refractivity contribution in [2.24, 2.45) is 11.5 Å². The molecule has 0 saturated heterocycles. The van der Waals surface area contributed by atoms with Gasteiger partial charge in [0.25, 0.3) is 0 Å². The van der Waals surface area contributed by atoms with Crippen LogP contribution in [0.15, 0.2) is 0 Å². The first-order valence-electron chi connectivity index (χ1n) is 7.25. The van der Waals surface area contributed by atoms with E-state index in [1.807, 2.05) is 5.32 Å². The summed E-state index contributed by atoms with van der Waals surface area (Å²) >= 11 is 0. The number of nitrogens with two attached hydrogens (primary N) is 2. The van der Waals surface area contributed by atoms with Gasteiger partial charge >= 0.3 is 17.9 Å². The quantitative estimate of drug-likeness (QED) is 0.178. The lowest BCUT2D eigenvalue weighted by Crippen LogP contribution is -2.55. The number of hydrogen-bond donors (Lipinski definition) is 7. The van der Waals surface area contributed by atoms with E-state index in [1.54, 1.807) is 0 Å². The van der Waals surface area contributed by atoms with Crippen LogP contribution >= 0.6 is 0 Å². The molecule has 0 rings (SSSR count). The minimum absolute atomic E-state index is 0.247. The third-order valence-electron chi connectivity index (χ3n) is 3.04. The Labute approximate surface area is 146 Å². The zero-order valence-corrected chi connectivity index (χ0v) is 13.5. The lowest BCUT2D eigenvalue weighted by atomic mass is 10.1. The van der Waals surface area contributed by atoms with Crippen molar-refractivity contribution in [3.8, 4) is 0 Å². The Morgan fingerprint density at radius 3 is 1.77 bits per heavy atom. The Hall–Kier alpha value is -3.22. The van der Waals surface area contributed by atoms with Crippen molar-refractivity contribution in [3.05, 3.63) is 0 Å². The smallest absolute Gasteiger partial charge is 0.326 e. The van der Waals surface area contributed by atoms with E-state index in [0.717, 1.165) is 0 Å². The van der Waals surface area contributed by atoms with Crippen molar-refractivity contribution in [3.63, 3.8) is 0 Å². The van der Waals surface area contributed by atoms with Crippen LogP contribution in [0.3, 0.4) is 0 Å². The summed E-state index contributed by atoms with van der Waals surface area (Å²) in [7, 11) is 0. The molecule has 0 bridgehead atoms. The summed E-state index contributed by atoms with van der Waals surface area (Å²) in [5, 5.41) is 30.0. The molecule has 26 heavy (non-hydrogen) atoms. The van der Waals surface area contributed by atoms with Gasteiger partial charge in [0, 0.05) is 6.42 Å². The van der Waals surface area contributed by atoms with E-state index in [0.29, 0.717) is 0 Å². The summed E-state index contributed by atoms with van der Waals surface area (Å²) in [6.45, 7) is 0. The van der Waals surface area contributed by atoms with Gasteiger partial charge in [0.2, 0.25) is 17.7 Å². The first-order valence-corrected chi connectivity index (χ1v) is 7.25. The molecule has 0 heterocycles. The lowest BCUT2D eigenvalue weighted by Gasteiger charge is -2.21. The van der Waals surface area contributed by atoms with Crippen LogP contribution in [0.1, 0.15) is 25.7 Å². The minimum Gasteiger partial charge on any atom is -0.481 e. The van der Waals surface area contributed by atoms with E-state index in [9.17, 15) is 28.8 Å². The van der Waals surface area contributed by atoms with E-state index in [2.05, 4.69) is 5.32 Å². The zero-order chi connectivity index (χ0) is 20.4. The molecule has 0 unspecified atom stereocenters. The van der Waals surface area contributed by atoms with Crippen LogP contribution in [-0.2, 0) is 28.8 Å². The zero-order valence-electron chi connectivity index (χ0n) is 13.5. The molecular formula is C13H20N4O9. The third-order valence-corrected chi connectivity index (χ3v) is 3.04. The highest BCUT2D eigenvalue weighted by molar-refractivity contribution is 5.95. The Morgan fingerprint density at radius 2 is 1.35 bits per heavy atom. The normalized spacial score (nSPS) is 13.7. The summed E-state index contributed by atoms with van der Waals surface area (Å²) in [4.78, 5) is 67.0. The summed E-state index contributed by atoms with van der Waals surface area (Å²) in [6, 6.07) is -4.71. The molecule has 9 N–H and O–H groups in total. The number of carboxylic acid groups (broad SMARTS) is 3. The fraction of sp³-hybridized carbons (Fsp3) is 0.538. The monoisotopic (exact) mass is 376 g/mol. The lowest BCUT2D eigenvalue weighted by molar-refractivity contribution is -0.147. The number of carbonyl (C=O) groups excluding carboxylic acids is 3. The molecule has 0 aliphatic carbocycles. The van der Waals surface area contributed by atoms with Crippen LogP contribution in [0.25, 0.3) is 0 Å². The molecule has 0 spiro atoms. The summed E-state index contributed by atoms with van der Waals surface area (Å²) in [5.74, 6) is -7.45. The molecule has 0 radical (unpaired) electrons. The maximum atomic E-state index is 12.1. The van der Waals surface area contributed by atoms with Gasteiger partial charge in [-0.25, -0.2) is 4.79 Å². The number of primary amides is 1. The SMILES string of the molecule is NC(=O)C[C@H](NC(=O)[C@@H](N)CCC(=O)O)C(=O)N[C@@H](CC(=O)O)C(=O)O. The molecule has 0 aliphatic heterocycles. The fourth-order valence-corrected chi connectivity index (χ4v) is 1.75. The predicted octanol–water partition coefficient (Wildman–Crippen LogP) is -3.42. The molecule has 0 aliphatic rings. The number of nitrogens with one attached hydrogen (secondary N) is 2. The summed E-state index contributed by atoms with van der Waals surface area (Å²) in [5.41, 5.74) is 10.4. The van der Waals surface area contributed by atoms with Crippen LogP contribution in [0.4, 0.5) is 0 Å². The van der Waals surface area contributed by atoms with Crippen LogP contribution in [0.2, 0.25) is 0 Å². The Kier molecular flexibility index (Phi) is 9.29. The molecule has 0 fully saturated rings. The average molecular weight is 376 g/mol. The molecule has 13 heteroatoms. The van der Waals surface area contributed by atoms with E-state index >= 15 is 0 Å². The summed E-state index contributed by atoms with van der Waals surface area (Å²) < 4.78 is 0. The molecular weight excluding hydrogens is 356 g/mol. The van der Waals surface area contributed by atoms with E-state index in [4.69, 9.17) is 26.8 Å². The van der Waals surface area contributed by atoms with Gasteiger partial charge in [0.15, 0.2) is 0 Å². The second-order valence-corrected chi connectivity index (χ2v) is 5.27. The largest absolute Gasteiger partial charge is 0.481 e. The van der Waals surface area contributed by atoms with Crippen molar-refractivity contribution in [1.29, 1.82) is 0 Å². The van der Waals surface area contributed by atoms with Crippen molar-refractivity contribution in [2.45, 2.75) is 43.8 Å². The van der Waals surface area contributed by atoms with Gasteiger partial charge in [-0.1, -0.05) is 0 Å². The van der Waals surface area contributed by atoms with Gasteiger partial charge in [-0.15, -0.1) is 0 Å². The van der Waals surface area contributed by atoms with Crippen molar-refractivity contribution >= 4 is 35.6 Å². The maximum absolute atomic E-state index is 12.1. The van der Waals surface area contributed by atoms with Gasteiger partial charge < -0.3 is 37.4 Å². The molecule has 0 aromatic heterocycles. The Bertz CT molecular complexity index is 592. The van der Waals surface area contributed by atoms with Crippen LogP contribution in [0, 0.1) is 0 Å². The Morgan fingerprint density at radius 1 is 0.808 bits per heavy atom. The number of rotatable bonds is 12. The van der Waals surface area contributed by atoms with Gasteiger partial charge in [-0.3, -0.25) is 24.0 Å². The maximum Gasteiger partial charge on any atom is 0.326 e. The number of amides is 3. The highest BCUT2D eigenvalue weighted by Crippen LogP contribution is 2.01. The van der Waals surface area contributed by atoms with Gasteiger partial charge in [-0.2, -0.15) is 0 Å². The second-order valence-electron chi connectivity index (χ2n) is 5.27. The summed E-state index contributed by atoms with van der Waals surface area (Å²) in [6.07, 6.45) is -2.30. The van der Waals surface area contributed by atoms with Crippen LogP contribution in [-0.4, -0.2) is 69.1 Å². The van der Waals surface area contributed by atoms with Crippen LogP contribution in [0.5, 0.6) is 0 Å². The predicted molar refractivity (Wildman–Crippen MR) is 82.4 cm³/mol. The first kappa shape index (κ1) is 22.8. The van der Waals surface area contributed by atoms with Crippen LogP contribution < -0.4 is 22.1 Å². The molecule has 0 aromatic carbocycles. The molecule has 146 valence electrons. The van der Waals surface area contributed by atoms with Crippen molar-refractivity contribution in [2.75, 3.05) is 0 Å². The standard InChI is InChI=1S/C13H20N4O9/c14-5(1-2-9(19)20)11(23)16-6(3-8(15)18)12(24)17-7(13(25)26)4-10(21)22/h5-7H,1-4,14H2,(H2,15,18)(H,16,23)(H,17,24)(H,19,20)(H,21,22)(H,25,26)/t5-,6-,7-/m0/s1. The van der Waals surface area contributed by atoms with E-state index in [-0.39, 0.29) is 6.42 Å². The van der Waals surface area contributed by atoms with Gasteiger partial charge in [-0.05, 0) is 6.42 Å². The third kappa shape index (κ3) is 9.17. The number of hydrogen-bond acceptors (Lipinski definition) is 7. The molecule has 3 amide bonds. The molecule has 13 nitrogen and oxygen atoms in total. The number of carbonyl (C=O) groups is 6. The highest BCUT2D eigenvalue weighted by Gasteiger charge is 2.30. The number of carboxylic acids is 3. The van der Waals surface area contributed by atoms with Crippen molar-refractivity contribution < 1.29 is 44.1 Å². The highest BCUT2D eigenvalue weighted by atomic mass is 16.4. The second kappa shape index (κ2) is 10.6. The Balaban J connectivity index is 5.05. The van der Waals surface area contributed by atoms with Crippen molar-refractivity contribution in [1.82, 2.24) is 10.6 Å². The van der Waals surface area contributed by atoms with E-state index in [1.165, 1.54) is 0 Å². The minimum atomic E-state index is -1.80. The fourth-order valence-electron chi connectivity index (χ4n) is 1.75. The van der Waals surface area contributed by atoms with Gasteiger partial charge in [0.1, 0.15) is 12.1 Å². The average Bonchev–Trinajstić information content (AvgIpc) is 2.49. The van der Waals surface area contributed by atoms with Gasteiger partial charge in [0.05, 0.1) is 18.9 Å². The topological polar surface area (TPSA) is 239 Å². The molecule has 0 saturated carbocycles. The molecule has 3 atom stereocenters.